The van der Waals surface area contributed by atoms with Crippen molar-refractivity contribution in [3.63, 3.8) is 0 Å². The van der Waals surface area contributed by atoms with Crippen LogP contribution in [0.25, 0.3) is 11.1 Å². The maximum atomic E-state index is 9.68. The summed E-state index contributed by atoms with van der Waals surface area (Å²) in [4.78, 5) is 11.8. The van der Waals surface area contributed by atoms with Gasteiger partial charge in [-0.05, 0) is 60.7 Å². The second kappa shape index (κ2) is 17.8. The van der Waals surface area contributed by atoms with Crippen LogP contribution in [0.4, 0.5) is 11.6 Å². The second-order valence-electron chi connectivity index (χ2n) is 12.4. The molecule has 50 heavy (non-hydrogen) atoms. The number of ether oxygens (including phenoxy) is 5. The summed E-state index contributed by atoms with van der Waals surface area (Å²) in [6.07, 6.45) is 11.8. The molecule has 1 saturated heterocycles. The van der Waals surface area contributed by atoms with Crippen LogP contribution < -0.4 is 14.8 Å². The lowest BCUT2D eigenvalue weighted by Gasteiger charge is -2.38. The van der Waals surface area contributed by atoms with Gasteiger partial charge in [0.2, 0.25) is 5.95 Å². The predicted octanol–water partition coefficient (Wildman–Crippen LogP) is 3.66. The van der Waals surface area contributed by atoms with Gasteiger partial charge in [-0.1, -0.05) is 6.07 Å². The summed E-state index contributed by atoms with van der Waals surface area (Å²) in [5.41, 5.74) is 2.73. The molecule has 4 aromatic rings. The minimum Gasteiger partial charge on any atom is -0.487 e. The molecule has 0 spiro atoms. The summed E-state index contributed by atoms with van der Waals surface area (Å²) in [7, 11) is 1.66. The SMILES string of the molecule is COCCOCCCOc1nn([C@H]2CC[C@H](N3CCOCC3)CC2)cc1Nc1ncc(-c2ccc(C#N)c(O[C@@H](C)Cn3cnnn3)c2)cn1. The smallest absolute Gasteiger partial charge is 0.256 e. The fourth-order valence-corrected chi connectivity index (χ4v) is 6.29. The highest BCUT2D eigenvalue weighted by molar-refractivity contribution is 5.67. The van der Waals surface area contributed by atoms with Gasteiger partial charge in [-0.2, -0.15) is 5.26 Å². The zero-order chi connectivity index (χ0) is 34.5. The lowest BCUT2D eigenvalue weighted by molar-refractivity contribution is 0.00502. The van der Waals surface area contributed by atoms with Gasteiger partial charge in [-0.15, -0.1) is 10.2 Å². The van der Waals surface area contributed by atoms with E-state index in [4.69, 9.17) is 28.8 Å². The number of anilines is 2. The molecule has 2 fully saturated rings. The molecule has 1 aliphatic heterocycles. The van der Waals surface area contributed by atoms with E-state index < -0.39 is 0 Å². The third-order valence-corrected chi connectivity index (χ3v) is 8.90. The van der Waals surface area contributed by atoms with E-state index in [0.29, 0.717) is 67.8 Å². The Bertz CT molecular complexity index is 1650. The van der Waals surface area contributed by atoms with Crippen LogP contribution in [-0.4, -0.2) is 117 Å². The van der Waals surface area contributed by atoms with Gasteiger partial charge in [0.05, 0.1) is 57.4 Å². The summed E-state index contributed by atoms with van der Waals surface area (Å²) in [6.45, 7) is 8.15. The average molecular weight is 688 g/mol. The first-order valence-corrected chi connectivity index (χ1v) is 17.2. The number of aromatic nitrogens is 8. The van der Waals surface area contributed by atoms with Crippen molar-refractivity contribution in [2.75, 3.05) is 65.2 Å². The van der Waals surface area contributed by atoms with E-state index in [1.807, 2.05) is 29.9 Å². The molecule has 0 bridgehead atoms. The van der Waals surface area contributed by atoms with Gasteiger partial charge in [0.1, 0.15) is 29.9 Å². The Kier molecular flexibility index (Phi) is 12.5. The van der Waals surface area contributed by atoms with Gasteiger partial charge in [0.25, 0.3) is 5.88 Å². The fourth-order valence-electron chi connectivity index (χ4n) is 6.29. The van der Waals surface area contributed by atoms with E-state index in [9.17, 15) is 5.26 Å². The maximum Gasteiger partial charge on any atom is 0.256 e. The first-order chi connectivity index (χ1) is 24.6. The molecule has 1 saturated carbocycles. The maximum absolute atomic E-state index is 9.68. The topological polar surface area (TPSA) is 172 Å². The molecule has 0 amide bonds. The second-order valence-corrected chi connectivity index (χ2v) is 12.4. The van der Waals surface area contributed by atoms with Crippen molar-refractivity contribution in [1.82, 2.24) is 44.9 Å². The predicted molar refractivity (Wildman–Crippen MR) is 182 cm³/mol. The molecule has 1 atom stereocenters. The highest BCUT2D eigenvalue weighted by Crippen LogP contribution is 2.35. The number of nitrogens with zero attached hydrogens (tertiary/aromatic N) is 10. The minimum absolute atomic E-state index is 0.274. The van der Waals surface area contributed by atoms with Gasteiger partial charge in [-0.25, -0.2) is 14.6 Å². The van der Waals surface area contributed by atoms with Crippen molar-refractivity contribution < 1.29 is 23.7 Å². The Balaban J connectivity index is 1.12. The molecule has 4 heterocycles. The zero-order valence-electron chi connectivity index (χ0n) is 28.7. The number of methoxy groups -OCH3 is 1. The summed E-state index contributed by atoms with van der Waals surface area (Å²) < 4.78 is 32.1. The van der Waals surface area contributed by atoms with Gasteiger partial charge in [-0.3, -0.25) is 9.58 Å². The van der Waals surface area contributed by atoms with E-state index in [1.54, 1.807) is 30.3 Å². The lowest BCUT2D eigenvalue weighted by atomic mass is 9.90. The van der Waals surface area contributed by atoms with Crippen LogP contribution in [0, 0.1) is 11.3 Å². The van der Waals surface area contributed by atoms with Crippen molar-refractivity contribution in [1.29, 1.82) is 5.26 Å². The molecule has 16 heteroatoms. The number of morpholine rings is 1. The van der Waals surface area contributed by atoms with Crippen molar-refractivity contribution in [2.45, 2.75) is 63.8 Å². The Morgan fingerprint density at radius 2 is 1.82 bits per heavy atom. The summed E-state index contributed by atoms with van der Waals surface area (Å²) >= 11 is 0. The molecule has 2 aliphatic rings. The number of nitriles is 1. The standard InChI is InChI=1S/C34H45N11O5/c1-25(22-44-24-38-41-42-44)50-32-18-26(4-5-27(32)19-35)28-20-36-34(37-21-28)39-31-23-45(40-33(31)49-13-3-12-47-17-16-46-2)30-8-6-29(7-9-30)43-10-14-48-15-11-43/h4-5,18,20-21,23-25,29-30H,3,6-17,22H2,1-2H3,(H,36,37,39)/t25-,29-,30-/m0/s1. The van der Waals surface area contributed by atoms with Gasteiger partial charge >= 0.3 is 0 Å². The van der Waals surface area contributed by atoms with Crippen LogP contribution in [0.1, 0.15) is 50.6 Å². The molecule has 0 unspecified atom stereocenters. The van der Waals surface area contributed by atoms with E-state index in [1.165, 1.54) is 6.33 Å². The summed E-state index contributed by atoms with van der Waals surface area (Å²) in [6, 6.07) is 8.49. The Morgan fingerprint density at radius 1 is 1.02 bits per heavy atom. The first kappa shape index (κ1) is 35.1. The van der Waals surface area contributed by atoms with Gasteiger partial charge in [0.15, 0.2) is 0 Å². The number of nitrogens with one attached hydrogen (secondary N) is 1. The van der Waals surface area contributed by atoms with E-state index in [0.717, 1.165) is 69.5 Å². The van der Waals surface area contributed by atoms with Crippen LogP contribution in [0.5, 0.6) is 11.6 Å². The minimum atomic E-state index is -0.274. The Labute approximate surface area is 291 Å². The van der Waals surface area contributed by atoms with Crippen LogP contribution >= 0.6 is 0 Å². The van der Waals surface area contributed by atoms with Gasteiger partial charge < -0.3 is 29.0 Å². The fraction of sp³-hybridized carbons (Fsp3) is 0.559. The highest BCUT2D eigenvalue weighted by atomic mass is 16.5. The molecule has 266 valence electrons. The van der Waals surface area contributed by atoms with Crippen molar-refractivity contribution in [2.24, 2.45) is 0 Å². The molecule has 16 nitrogen and oxygen atoms in total. The third kappa shape index (κ3) is 9.51. The van der Waals surface area contributed by atoms with Crippen LogP contribution in [0.3, 0.4) is 0 Å². The molecule has 1 N–H and O–H groups in total. The van der Waals surface area contributed by atoms with Crippen LogP contribution in [0.15, 0.2) is 43.1 Å². The number of rotatable bonds is 17. The van der Waals surface area contributed by atoms with Crippen LogP contribution in [-0.2, 0) is 20.8 Å². The number of hydrogen-bond acceptors (Lipinski definition) is 14. The Morgan fingerprint density at radius 3 is 2.56 bits per heavy atom. The molecule has 6 rings (SSSR count). The molecule has 0 radical (unpaired) electrons. The number of tetrazole rings is 1. The number of benzene rings is 1. The first-order valence-electron chi connectivity index (χ1n) is 17.2. The highest BCUT2D eigenvalue weighted by Gasteiger charge is 2.29. The van der Waals surface area contributed by atoms with E-state index in [2.05, 4.69) is 41.8 Å². The third-order valence-electron chi connectivity index (χ3n) is 8.90. The van der Waals surface area contributed by atoms with E-state index >= 15 is 0 Å². The van der Waals surface area contributed by atoms with Crippen molar-refractivity contribution >= 4 is 11.6 Å². The van der Waals surface area contributed by atoms with Crippen molar-refractivity contribution in [3.8, 4) is 28.8 Å². The monoisotopic (exact) mass is 687 g/mol. The van der Waals surface area contributed by atoms with Crippen LogP contribution in [0.2, 0.25) is 0 Å². The largest absolute Gasteiger partial charge is 0.487 e. The number of hydrogen-bond donors (Lipinski definition) is 1. The Hall–Kier alpha value is -4.69. The molecule has 1 aliphatic carbocycles. The molecule has 1 aromatic carbocycles. The zero-order valence-corrected chi connectivity index (χ0v) is 28.7. The summed E-state index contributed by atoms with van der Waals surface area (Å²) in [5, 5.41) is 29.1. The molecular weight excluding hydrogens is 642 g/mol. The summed E-state index contributed by atoms with van der Waals surface area (Å²) in [5.74, 6) is 1.39. The lowest BCUT2D eigenvalue weighted by Crippen LogP contribution is -2.45. The quantitative estimate of drug-likeness (QED) is 0.159. The molecular formula is C34H45N11O5. The average Bonchev–Trinajstić information content (AvgIpc) is 3.82. The van der Waals surface area contributed by atoms with E-state index in [-0.39, 0.29) is 12.1 Å². The molecule has 3 aromatic heterocycles. The van der Waals surface area contributed by atoms with Crippen molar-refractivity contribution in [3.05, 3.63) is 48.7 Å². The van der Waals surface area contributed by atoms with Gasteiger partial charge in [0, 0.05) is 57.2 Å². The normalized spacial score (nSPS) is 18.7.